The van der Waals surface area contributed by atoms with E-state index in [1.807, 2.05) is 18.2 Å². The van der Waals surface area contributed by atoms with Gasteiger partial charge in [0.05, 0.1) is 13.7 Å². The number of methoxy groups -OCH3 is 1. The molecule has 0 aliphatic carbocycles. The minimum Gasteiger partial charge on any atom is -0.496 e. The molecule has 1 atom stereocenters. The number of ether oxygens (including phenoxy) is 1. The zero-order chi connectivity index (χ0) is 16.8. The molecule has 0 aromatic heterocycles. The molecule has 24 heavy (non-hydrogen) atoms. The molecule has 0 bridgehead atoms. The molecule has 0 spiro atoms. The van der Waals surface area contributed by atoms with Gasteiger partial charge in [0.25, 0.3) is 0 Å². The molecule has 0 aliphatic heterocycles. The summed E-state index contributed by atoms with van der Waals surface area (Å²) >= 11 is 0. The number of rotatable bonds is 7. The second kappa shape index (κ2) is 7.95. The van der Waals surface area contributed by atoms with Gasteiger partial charge in [-0.2, -0.15) is 0 Å². The van der Waals surface area contributed by atoms with Gasteiger partial charge < -0.3 is 15.2 Å². The summed E-state index contributed by atoms with van der Waals surface area (Å²) in [4.78, 5) is 0. The van der Waals surface area contributed by atoms with E-state index in [1.165, 1.54) is 16.3 Å². The maximum atomic E-state index is 9.27. The molecular weight excluding hydrogens is 298 g/mol. The summed E-state index contributed by atoms with van der Waals surface area (Å²) in [7, 11) is 1.71. The predicted octanol–water partition coefficient (Wildman–Crippen LogP) is 3.71. The molecule has 3 aromatic rings. The fourth-order valence-corrected chi connectivity index (χ4v) is 3.18. The fraction of sp³-hybridized carbons (Fsp3) is 0.238. The highest BCUT2D eigenvalue weighted by atomic mass is 16.5. The summed E-state index contributed by atoms with van der Waals surface area (Å²) in [6.45, 7) is 0.655. The first-order valence-electron chi connectivity index (χ1n) is 8.27. The van der Waals surface area contributed by atoms with Crippen LogP contribution in [0.4, 0.5) is 0 Å². The Labute approximate surface area is 142 Å². The molecule has 3 rings (SSSR count). The van der Waals surface area contributed by atoms with E-state index in [0.717, 1.165) is 17.7 Å². The second-order valence-corrected chi connectivity index (χ2v) is 5.82. The number of benzene rings is 3. The molecule has 0 aliphatic rings. The van der Waals surface area contributed by atoms with E-state index in [9.17, 15) is 5.11 Å². The van der Waals surface area contributed by atoms with Crippen LogP contribution in [0.25, 0.3) is 10.8 Å². The highest BCUT2D eigenvalue weighted by Gasteiger charge is 2.19. The largest absolute Gasteiger partial charge is 0.496 e. The van der Waals surface area contributed by atoms with Crippen molar-refractivity contribution in [2.24, 2.45) is 0 Å². The summed E-state index contributed by atoms with van der Waals surface area (Å²) in [5.41, 5.74) is 2.40. The first-order chi connectivity index (χ1) is 11.8. The highest BCUT2D eigenvalue weighted by molar-refractivity contribution is 5.88. The number of hydrogen-bond acceptors (Lipinski definition) is 3. The minimum atomic E-state index is 0.0700. The third-order valence-corrected chi connectivity index (χ3v) is 4.28. The summed E-state index contributed by atoms with van der Waals surface area (Å²) in [6.07, 6.45) is 0.838. The van der Waals surface area contributed by atoms with E-state index >= 15 is 0 Å². The molecule has 124 valence electrons. The van der Waals surface area contributed by atoms with Gasteiger partial charge in [-0.1, -0.05) is 60.7 Å². The van der Waals surface area contributed by atoms with Crippen molar-refractivity contribution in [2.75, 3.05) is 20.3 Å². The van der Waals surface area contributed by atoms with Gasteiger partial charge in [-0.05, 0) is 28.8 Å². The van der Waals surface area contributed by atoms with E-state index in [-0.39, 0.29) is 12.6 Å². The van der Waals surface area contributed by atoms with E-state index in [1.54, 1.807) is 7.11 Å². The smallest absolute Gasteiger partial charge is 0.124 e. The van der Waals surface area contributed by atoms with Gasteiger partial charge in [0.15, 0.2) is 0 Å². The molecule has 0 heterocycles. The molecule has 0 saturated heterocycles. The van der Waals surface area contributed by atoms with Crippen LogP contribution in [-0.4, -0.2) is 25.4 Å². The second-order valence-electron chi connectivity index (χ2n) is 5.82. The molecule has 0 saturated carbocycles. The van der Waals surface area contributed by atoms with Crippen molar-refractivity contribution in [3.8, 4) is 5.75 Å². The Morgan fingerprint density at radius 3 is 2.46 bits per heavy atom. The number of nitrogens with one attached hydrogen (secondary N) is 1. The summed E-state index contributed by atoms with van der Waals surface area (Å²) < 4.78 is 5.65. The van der Waals surface area contributed by atoms with Gasteiger partial charge in [-0.25, -0.2) is 0 Å². The molecule has 3 heteroatoms. The molecular formula is C21H23NO2. The Morgan fingerprint density at radius 1 is 0.958 bits per heavy atom. The Bertz CT molecular complexity index is 786. The molecule has 0 radical (unpaired) electrons. The monoisotopic (exact) mass is 321 g/mol. The lowest BCUT2D eigenvalue weighted by molar-refractivity contribution is 0.283. The SMILES string of the molecule is COc1ccc2ccccc2c1[C@H](Cc1ccccc1)NCCO. The van der Waals surface area contributed by atoms with Crippen LogP contribution in [0.15, 0.2) is 66.7 Å². The van der Waals surface area contributed by atoms with Crippen LogP contribution in [0, 0.1) is 0 Å². The molecule has 3 aromatic carbocycles. The predicted molar refractivity (Wildman–Crippen MR) is 98.5 cm³/mol. The summed E-state index contributed by atoms with van der Waals surface area (Å²) in [6, 6.07) is 22.9. The van der Waals surface area contributed by atoms with E-state index in [0.29, 0.717) is 6.54 Å². The van der Waals surface area contributed by atoms with Crippen molar-refractivity contribution in [1.82, 2.24) is 5.32 Å². The molecule has 2 N–H and O–H groups in total. The van der Waals surface area contributed by atoms with Crippen LogP contribution in [0.1, 0.15) is 17.2 Å². The fourth-order valence-electron chi connectivity index (χ4n) is 3.18. The molecule has 0 fully saturated rings. The van der Waals surface area contributed by atoms with Crippen molar-refractivity contribution in [3.05, 3.63) is 77.9 Å². The quantitative estimate of drug-likeness (QED) is 0.697. The first kappa shape index (κ1) is 16.5. The number of hydrogen-bond donors (Lipinski definition) is 2. The number of aliphatic hydroxyl groups is 1. The molecule has 0 unspecified atom stereocenters. The normalized spacial score (nSPS) is 12.2. The Balaban J connectivity index is 2.07. The van der Waals surface area contributed by atoms with E-state index in [4.69, 9.17) is 4.74 Å². The van der Waals surface area contributed by atoms with Crippen molar-refractivity contribution in [3.63, 3.8) is 0 Å². The highest BCUT2D eigenvalue weighted by Crippen LogP contribution is 2.34. The topological polar surface area (TPSA) is 41.5 Å². The van der Waals surface area contributed by atoms with Gasteiger partial charge >= 0.3 is 0 Å². The maximum Gasteiger partial charge on any atom is 0.124 e. The van der Waals surface area contributed by atoms with Crippen LogP contribution in [0.3, 0.4) is 0 Å². The van der Waals surface area contributed by atoms with Crippen molar-refractivity contribution < 1.29 is 9.84 Å². The number of fused-ring (bicyclic) bond motifs is 1. The van der Waals surface area contributed by atoms with Crippen molar-refractivity contribution in [1.29, 1.82) is 0 Å². The summed E-state index contributed by atoms with van der Waals surface area (Å²) in [5.74, 6) is 0.875. The number of aliphatic hydroxyl groups excluding tert-OH is 1. The lowest BCUT2D eigenvalue weighted by atomic mass is 9.93. The standard InChI is InChI=1S/C21H23NO2/c1-24-20-12-11-17-9-5-6-10-18(17)21(20)19(22-13-14-23)15-16-7-3-2-4-8-16/h2-12,19,22-23H,13-15H2,1H3/t19-/m0/s1. The van der Waals surface area contributed by atoms with Crippen LogP contribution in [-0.2, 0) is 6.42 Å². The zero-order valence-electron chi connectivity index (χ0n) is 13.9. The molecule has 3 nitrogen and oxygen atoms in total. The maximum absolute atomic E-state index is 9.27. The van der Waals surface area contributed by atoms with E-state index in [2.05, 4.69) is 53.8 Å². The Morgan fingerprint density at radius 2 is 1.71 bits per heavy atom. The van der Waals surface area contributed by atoms with Crippen LogP contribution < -0.4 is 10.1 Å². The Hall–Kier alpha value is -2.36. The molecule has 0 amide bonds. The van der Waals surface area contributed by atoms with Crippen LogP contribution in [0.5, 0.6) is 5.75 Å². The van der Waals surface area contributed by atoms with Crippen LogP contribution >= 0.6 is 0 Å². The summed E-state index contributed by atoms with van der Waals surface area (Å²) in [5, 5.41) is 15.1. The van der Waals surface area contributed by atoms with Crippen molar-refractivity contribution >= 4 is 10.8 Å². The van der Waals surface area contributed by atoms with Gasteiger partial charge in [0.2, 0.25) is 0 Å². The van der Waals surface area contributed by atoms with Gasteiger partial charge in [0.1, 0.15) is 5.75 Å². The van der Waals surface area contributed by atoms with Crippen LogP contribution in [0.2, 0.25) is 0 Å². The average Bonchev–Trinajstić information content (AvgIpc) is 2.65. The van der Waals surface area contributed by atoms with Gasteiger partial charge in [-0.15, -0.1) is 0 Å². The average molecular weight is 321 g/mol. The van der Waals surface area contributed by atoms with E-state index < -0.39 is 0 Å². The Kier molecular flexibility index (Phi) is 5.47. The van der Waals surface area contributed by atoms with Gasteiger partial charge in [-0.3, -0.25) is 0 Å². The van der Waals surface area contributed by atoms with Gasteiger partial charge in [0, 0.05) is 18.2 Å². The third-order valence-electron chi connectivity index (χ3n) is 4.28. The third kappa shape index (κ3) is 3.58. The minimum absolute atomic E-state index is 0.0700. The first-order valence-corrected chi connectivity index (χ1v) is 8.27. The van der Waals surface area contributed by atoms with Crippen molar-refractivity contribution in [2.45, 2.75) is 12.5 Å². The zero-order valence-corrected chi connectivity index (χ0v) is 13.9. The lowest BCUT2D eigenvalue weighted by Crippen LogP contribution is -2.27. The lowest BCUT2D eigenvalue weighted by Gasteiger charge is -2.23.